The molecule has 4 rings (SSSR count). The first-order valence-corrected chi connectivity index (χ1v) is 10.4. The summed E-state index contributed by atoms with van der Waals surface area (Å²) in [6.45, 7) is -1.41. The van der Waals surface area contributed by atoms with Gasteiger partial charge in [-0.15, -0.1) is 0 Å². The van der Waals surface area contributed by atoms with Crippen LogP contribution in [-0.2, 0) is 6.61 Å². The molecule has 5 nitrogen and oxygen atoms in total. The molecule has 1 N–H and O–H groups in total. The first kappa shape index (κ1) is 23.9. The summed E-state index contributed by atoms with van der Waals surface area (Å²) >= 11 is 0. The number of carboxylic acids is 1. The van der Waals surface area contributed by atoms with Gasteiger partial charge in [-0.1, -0.05) is 18.2 Å². The van der Waals surface area contributed by atoms with Gasteiger partial charge in [0, 0.05) is 11.4 Å². The van der Waals surface area contributed by atoms with Crippen molar-refractivity contribution in [3.05, 3.63) is 101 Å². The van der Waals surface area contributed by atoms with Crippen LogP contribution in [0.1, 0.15) is 21.6 Å². The van der Waals surface area contributed by atoms with Crippen molar-refractivity contribution in [2.45, 2.75) is 20.1 Å². The number of benzene rings is 3. The van der Waals surface area contributed by atoms with E-state index in [1.54, 1.807) is 41.8 Å². The van der Waals surface area contributed by atoms with Gasteiger partial charge < -0.3 is 19.1 Å². The zero-order valence-electron chi connectivity index (χ0n) is 18.3. The number of halogens is 4. The fourth-order valence-electron chi connectivity index (χ4n) is 3.71. The van der Waals surface area contributed by atoms with Gasteiger partial charge in [0.05, 0.1) is 11.3 Å². The van der Waals surface area contributed by atoms with Crippen LogP contribution in [0.3, 0.4) is 0 Å². The Morgan fingerprint density at radius 3 is 2.40 bits per heavy atom. The third-order valence-corrected chi connectivity index (χ3v) is 5.28. The fourth-order valence-corrected chi connectivity index (χ4v) is 3.71. The number of nitrogens with zero attached hydrogens (tertiary/aromatic N) is 1. The van der Waals surface area contributed by atoms with E-state index in [-0.39, 0.29) is 23.7 Å². The minimum absolute atomic E-state index is 0.0548. The van der Waals surface area contributed by atoms with E-state index < -0.39 is 29.7 Å². The maximum atomic E-state index is 15.1. The number of hydrogen-bond donors (Lipinski definition) is 1. The smallest absolute Gasteiger partial charge is 0.387 e. The molecule has 0 fully saturated rings. The molecule has 1 aromatic heterocycles. The number of rotatable bonds is 8. The second kappa shape index (κ2) is 9.92. The van der Waals surface area contributed by atoms with Crippen LogP contribution in [0.5, 0.6) is 11.5 Å². The molecule has 0 aliphatic rings. The molecular formula is C26H19F4NO4. The third kappa shape index (κ3) is 5.13. The normalized spacial score (nSPS) is 11.0. The topological polar surface area (TPSA) is 60.7 Å². The maximum absolute atomic E-state index is 15.1. The summed E-state index contributed by atoms with van der Waals surface area (Å²) in [5.41, 5.74) is 1.61. The molecule has 3 aromatic carbocycles. The number of hydrogen-bond acceptors (Lipinski definition) is 3. The van der Waals surface area contributed by atoms with Gasteiger partial charge in [-0.25, -0.2) is 13.6 Å². The Labute approximate surface area is 197 Å². The number of aryl methyl sites for hydroxylation is 1. The number of carboxylic acid groups (broad SMARTS) is 1. The summed E-state index contributed by atoms with van der Waals surface area (Å²) in [6.07, 6.45) is 0. The van der Waals surface area contributed by atoms with Crippen molar-refractivity contribution in [3.8, 4) is 28.4 Å². The van der Waals surface area contributed by atoms with Gasteiger partial charge in [-0.2, -0.15) is 8.78 Å². The summed E-state index contributed by atoms with van der Waals surface area (Å²) in [4.78, 5) is 11.7. The van der Waals surface area contributed by atoms with Crippen molar-refractivity contribution in [3.63, 3.8) is 0 Å². The molecule has 0 saturated carbocycles. The molecule has 0 aliphatic carbocycles. The Kier molecular flexibility index (Phi) is 6.77. The summed E-state index contributed by atoms with van der Waals surface area (Å²) in [7, 11) is 0. The van der Waals surface area contributed by atoms with E-state index in [2.05, 4.69) is 4.74 Å². The molecule has 0 saturated heterocycles. The zero-order chi connectivity index (χ0) is 25.1. The van der Waals surface area contributed by atoms with Crippen molar-refractivity contribution < 1.29 is 36.9 Å². The molecule has 180 valence electrons. The Balaban J connectivity index is 1.77. The number of aromatic carboxylic acids is 1. The number of alkyl halides is 2. The lowest BCUT2D eigenvalue weighted by Crippen LogP contribution is -2.09. The molecule has 0 bridgehead atoms. The van der Waals surface area contributed by atoms with E-state index in [0.717, 1.165) is 6.07 Å². The number of carbonyl (C=O) groups is 1. The molecular weight excluding hydrogens is 466 g/mol. The highest BCUT2D eigenvalue weighted by Crippen LogP contribution is 2.37. The zero-order valence-corrected chi connectivity index (χ0v) is 18.3. The lowest BCUT2D eigenvalue weighted by atomic mass is 10.1. The number of ether oxygens (including phenoxy) is 2. The van der Waals surface area contributed by atoms with E-state index in [1.165, 1.54) is 36.4 Å². The van der Waals surface area contributed by atoms with Crippen LogP contribution >= 0.6 is 0 Å². The van der Waals surface area contributed by atoms with Crippen LogP contribution in [0.2, 0.25) is 0 Å². The van der Waals surface area contributed by atoms with Gasteiger partial charge in [0.1, 0.15) is 35.3 Å². The van der Waals surface area contributed by atoms with Crippen molar-refractivity contribution >= 4 is 5.97 Å². The van der Waals surface area contributed by atoms with Crippen molar-refractivity contribution in [1.29, 1.82) is 0 Å². The molecule has 35 heavy (non-hydrogen) atoms. The minimum atomic E-state index is -3.19. The van der Waals surface area contributed by atoms with Crippen LogP contribution in [0.25, 0.3) is 16.9 Å². The van der Waals surface area contributed by atoms with Gasteiger partial charge in [-0.05, 0) is 67.1 Å². The fraction of sp³-hybridized carbons (Fsp3) is 0.115. The largest absolute Gasteiger partial charge is 0.488 e. The highest BCUT2D eigenvalue weighted by molar-refractivity contribution is 5.91. The first-order chi connectivity index (χ1) is 16.7. The number of aromatic nitrogens is 1. The van der Waals surface area contributed by atoms with Crippen molar-refractivity contribution in [2.75, 3.05) is 0 Å². The molecule has 1 heterocycles. The minimum Gasteiger partial charge on any atom is -0.488 e. The van der Waals surface area contributed by atoms with Gasteiger partial charge >= 0.3 is 12.6 Å². The monoisotopic (exact) mass is 485 g/mol. The SMILES string of the molecule is Cc1ccc(-c2c(F)cccc2OCc2ccc(F)cc2)n1-c1ccc(OC(F)F)c(C(=O)O)c1. The Morgan fingerprint density at radius 1 is 0.971 bits per heavy atom. The average molecular weight is 485 g/mol. The van der Waals surface area contributed by atoms with Crippen LogP contribution in [0.4, 0.5) is 17.6 Å². The quantitative estimate of drug-likeness (QED) is 0.285. The Morgan fingerprint density at radius 2 is 1.71 bits per heavy atom. The third-order valence-electron chi connectivity index (χ3n) is 5.28. The predicted molar refractivity (Wildman–Crippen MR) is 120 cm³/mol. The lowest BCUT2D eigenvalue weighted by molar-refractivity contribution is -0.0503. The Bertz CT molecular complexity index is 1370. The van der Waals surface area contributed by atoms with Crippen molar-refractivity contribution in [1.82, 2.24) is 4.57 Å². The van der Waals surface area contributed by atoms with Gasteiger partial charge in [0.15, 0.2) is 0 Å². The van der Waals surface area contributed by atoms with Crippen molar-refractivity contribution in [2.24, 2.45) is 0 Å². The highest BCUT2D eigenvalue weighted by Gasteiger charge is 2.21. The Hall–Kier alpha value is -4.27. The molecule has 0 amide bonds. The van der Waals surface area contributed by atoms with Crippen LogP contribution < -0.4 is 9.47 Å². The predicted octanol–water partition coefficient (Wildman–Crippen LogP) is 6.61. The molecule has 0 aliphatic heterocycles. The van der Waals surface area contributed by atoms with Crippen LogP contribution in [0, 0.1) is 18.6 Å². The molecule has 4 aromatic rings. The second-order valence-corrected chi connectivity index (χ2v) is 7.59. The summed E-state index contributed by atoms with van der Waals surface area (Å²) < 4.78 is 65.4. The lowest BCUT2D eigenvalue weighted by Gasteiger charge is -2.17. The molecule has 0 atom stereocenters. The van der Waals surface area contributed by atoms with Crippen LogP contribution in [-0.4, -0.2) is 22.3 Å². The standard InChI is InChI=1S/C26H19F4NO4/c1-15-5-11-21(31(15)18-10-12-22(35-26(29)30)19(13-18)25(32)33)24-20(28)3-2-4-23(24)34-14-16-6-8-17(27)9-7-16/h2-13,26H,14H2,1H3,(H,32,33). The van der Waals surface area contributed by atoms with Crippen LogP contribution in [0.15, 0.2) is 72.8 Å². The average Bonchev–Trinajstić information content (AvgIpc) is 3.19. The van der Waals surface area contributed by atoms with E-state index >= 15 is 4.39 Å². The van der Waals surface area contributed by atoms with E-state index in [0.29, 0.717) is 22.6 Å². The molecule has 0 radical (unpaired) electrons. The van der Waals surface area contributed by atoms with E-state index in [1.807, 2.05) is 0 Å². The molecule has 0 unspecified atom stereocenters. The summed E-state index contributed by atoms with van der Waals surface area (Å²) in [5.74, 6) is -2.71. The highest BCUT2D eigenvalue weighted by atomic mass is 19.3. The summed E-state index contributed by atoms with van der Waals surface area (Å²) in [5, 5.41) is 9.50. The maximum Gasteiger partial charge on any atom is 0.387 e. The second-order valence-electron chi connectivity index (χ2n) is 7.59. The molecule has 0 spiro atoms. The van der Waals surface area contributed by atoms with Gasteiger partial charge in [0.25, 0.3) is 0 Å². The van der Waals surface area contributed by atoms with E-state index in [4.69, 9.17) is 4.74 Å². The van der Waals surface area contributed by atoms with Gasteiger partial charge in [-0.3, -0.25) is 0 Å². The van der Waals surface area contributed by atoms with E-state index in [9.17, 15) is 23.1 Å². The summed E-state index contributed by atoms with van der Waals surface area (Å²) in [6, 6.07) is 17.1. The van der Waals surface area contributed by atoms with Gasteiger partial charge in [0.2, 0.25) is 0 Å². The first-order valence-electron chi connectivity index (χ1n) is 10.4. The molecule has 9 heteroatoms.